The van der Waals surface area contributed by atoms with Crippen LogP contribution in [0.3, 0.4) is 0 Å². The van der Waals surface area contributed by atoms with Crippen LogP contribution in [0.4, 0.5) is 0 Å². The molecule has 7 nitrogen and oxygen atoms in total. The minimum absolute atomic E-state index is 0.0459. The van der Waals surface area contributed by atoms with Crippen LogP contribution < -0.4 is 10.1 Å². The lowest BCUT2D eigenvalue weighted by Crippen LogP contribution is -2.28. The lowest BCUT2D eigenvalue weighted by Gasteiger charge is -2.11. The maximum absolute atomic E-state index is 10.6. The minimum atomic E-state index is -0.790. The molecule has 1 aliphatic rings. The molecule has 146 valence electrons. The highest BCUT2D eigenvalue weighted by Gasteiger charge is 2.30. The van der Waals surface area contributed by atoms with Gasteiger partial charge in [0.2, 0.25) is 11.7 Å². The van der Waals surface area contributed by atoms with E-state index in [2.05, 4.69) is 15.5 Å². The van der Waals surface area contributed by atoms with Gasteiger partial charge in [0.1, 0.15) is 5.75 Å². The van der Waals surface area contributed by atoms with Gasteiger partial charge in [0.25, 0.3) is 0 Å². The van der Waals surface area contributed by atoms with Crippen molar-refractivity contribution in [1.29, 1.82) is 0 Å². The summed E-state index contributed by atoms with van der Waals surface area (Å²) >= 11 is 6.29. The fraction of sp³-hybridized carbons (Fsp3) is 0.526. The molecule has 0 aliphatic heterocycles. The van der Waals surface area contributed by atoms with Gasteiger partial charge < -0.3 is 19.7 Å². The van der Waals surface area contributed by atoms with Gasteiger partial charge in [-0.05, 0) is 51.3 Å². The molecule has 0 saturated heterocycles. The quantitative estimate of drug-likeness (QED) is 0.702. The number of carboxylic acids is 1. The third-order valence-corrected chi connectivity index (χ3v) is 4.84. The molecule has 1 aromatic heterocycles. The fourth-order valence-corrected chi connectivity index (χ4v) is 3.51. The Morgan fingerprint density at radius 1 is 1.44 bits per heavy atom. The van der Waals surface area contributed by atoms with Gasteiger partial charge in [0.05, 0.1) is 17.5 Å². The highest BCUT2D eigenvalue weighted by Crippen LogP contribution is 2.35. The molecule has 1 saturated carbocycles. The van der Waals surface area contributed by atoms with Crippen LogP contribution in [0, 0.1) is 0 Å². The summed E-state index contributed by atoms with van der Waals surface area (Å²) in [6, 6.07) is 5.74. The lowest BCUT2D eigenvalue weighted by molar-refractivity contribution is -0.136. The van der Waals surface area contributed by atoms with Gasteiger partial charge in [-0.1, -0.05) is 16.8 Å². The van der Waals surface area contributed by atoms with E-state index in [1.165, 1.54) is 0 Å². The standard InChI is InChI=1S/C19H24ClN3O4/c1-11(2)26-16-6-4-12(10-15(16)20)18-22-19(27-23-18)13-3-5-14(9-13)21-8-7-17(24)25/h4,6,10-11,13-14,21H,3,5,7-9H2,1-2H3,(H,24,25). The van der Waals surface area contributed by atoms with Crippen molar-refractivity contribution in [2.45, 2.75) is 57.6 Å². The third-order valence-electron chi connectivity index (χ3n) is 4.55. The van der Waals surface area contributed by atoms with Crippen LogP contribution in [0.25, 0.3) is 11.4 Å². The second-order valence-electron chi connectivity index (χ2n) is 7.07. The molecule has 27 heavy (non-hydrogen) atoms. The Morgan fingerprint density at radius 3 is 2.96 bits per heavy atom. The van der Waals surface area contributed by atoms with Crippen LogP contribution in [0.1, 0.15) is 51.3 Å². The van der Waals surface area contributed by atoms with E-state index in [9.17, 15) is 4.79 Å². The second-order valence-corrected chi connectivity index (χ2v) is 7.48. The number of nitrogens with one attached hydrogen (secondary N) is 1. The number of carboxylic acid groups (broad SMARTS) is 1. The highest BCUT2D eigenvalue weighted by atomic mass is 35.5. The van der Waals surface area contributed by atoms with Crippen LogP contribution in [0.2, 0.25) is 5.02 Å². The van der Waals surface area contributed by atoms with E-state index < -0.39 is 5.97 Å². The van der Waals surface area contributed by atoms with Gasteiger partial charge >= 0.3 is 5.97 Å². The number of carbonyl (C=O) groups is 1. The number of ether oxygens (including phenoxy) is 1. The zero-order valence-electron chi connectivity index (χ0n) is 15.4. The van der Waals surface area contributed by atoms with Crippen molar-refractivity contribution >= 4 is 17.6 Å². The summed E-state index contributed by atoms with van der Waals surface area (Å²) < 4.78 is 11.1. The molecule has 2 unspecified atom stereocenters. The largest absolute Gasteiger partial charge is 0.489 e. The molecule has 1 heterocycles. The molecular weight excluding hydrogens is 370 g/mol. The smallest absolute Gasteiger partial charge is 0.304 e. The molecule has 0 bridgehead atoms. The van der Waals surface area contributed by atoms with Crippen molar-refractivity contribution in [1.82, 2.24) is 15.5 Å². The van der Waals surface area contributed by atoms with Crippen molar-refractivity contribution < 1.29 is 19.2 Å². The molecule has 3 rings (SSSR count). The molecule has 2 atom stereocenters. The van der Waals surface area contributed by atoms with Gasteiger partial charge in [-0.15, -0.1) is 0 Å². The van der Waals surface area contributed by atoms with Gasteiger partial charge in [0.15, 0.2) is 0 Å². The summed E-state index contributed by atoms with van der Waals surface area (Å²) in [5, 5.41) is 16.6. The zero-order chi connectivity index (χ0) is 19.4. The van der Waals surface area contributed by atoms with Crippen molar-refractivity contribution in [3.63, 3.8) is 0 Å². The SMILES string of the molecule is CC(C)Oc1ccc(-c2noc(C3CCC(NCCC(=O)O)C3)n2)cc1Cl. The Balaban J connectivity index is 1.62. The van der Waals surface area contributed by atoms with E-state index >= 15 is 0 Å². The summed E-state index contributed by atoms with van der Waals surface area (Å²) in [5.41, 5.74) is 0.778. The van der Waals surface area contributed by atoms with Crippen LogP contribution in [-0.2, 0) is 4.79 Å². The Labute approximate surface area is 163 Å². The molecule has 1 aliphatic carbocycles. The number of hydrogen-bond acceptors (Lipinski definition) is 6. The topological polar surface area (TPSA) is 97.5 Å². The van der Waals surface area contributed by atoms with E-state index in [0.29, 0.717) is 29.0 Å². The maximum Gasteiger partial charge on any atom is 0.304 e. The van der Waals surface area contributed by atoms with Crippen LogP contribution in [0.5, 0.6) is 5.75 Å². The highest BCUT2D eigenvalue weighted by molar-refractivity contribution is 6.32. The summed E-state index contributed by atoms with van der Waals surface area (Å²) in [4.78, 5) is 15.1. The average Bonchev–Trinajstić information content (AvgIpc) is 3.25. The van der Waals surface area contributed by atoms with E-state index in [4.69, 9.17) is 26.0 Å². The molecule has 8 heteroatoms. The number of hydrogen-bond donors (Lipinski definition) is 2. The minimum Gasteiger partial charge on any atom is -0.489 e. The summed E-state index contributed by atoms with van der Waals surface area (Å²) in [6.45, 7) is 4.37. The van der Waals surface area contributed by atoms with Gasteiger partial charge in [-0.25, -0.2) is 0 Å². The molecular formula is C19H24ClN3O4. The summed E-state index contributed by atoms with van der Waals surface area (Å²) in [5.74, 6) is 1.15. The predicted octanol–water partition coefficient (Wildman–Crippen LogP) is 3.88. The first-order chi connectivity index (χ1) is 12.9. The number of benzene rings is 1. The van der Waals surface area contributed by atoms with Crippen molar-refractivity contribution in [2.24, 2.45) is 0 Å². The molecule has 2 N–H and O–H groups in total. The van der Waals surface area contributed by atoms with Crippen LogP contribution in [0.15, 0.2) is 22.7 Å². The Morgan fingerprint density at radius 2 is 2.26 bits per heavy atom. The Bertz CT molecular complexity index is 793. The molecule has 1 fully saturated rings. The number of nitrogens with zero attached hydrogens (tertiary/aromatic N) is 2. The van der Waals surface area contributed by atoms with Gasteiger partial charge in [-0.3, -0.25) is 4.79 Å². The van der Waals surface area contributed by atoms with Crippen molar-refractivity contribution in [2.75, 3.05) is 6.54 Å². The first-order valence-corrected chi connectivity index (χ1v) is 9.55. The zero-order valence-corrected chi connectivity index (χ0v) is 16.2. The van der Waals surface area contributed by atoms with Crippen molar-refractivity contribution in [3.8, 4) is 17.1 Å². The number of halogens is 1. The first kappa shape index (κ1) is 19.6. The van der Waals surface area contributed by atoms with Gasteiger partial charge in [-0.2, -0.15) is 4.98 Å². The number of aliphatic carboxylic acids is 1. The molecule has 1 aromatic carbocycles. The molecule has 0 amide bonds. The molecule has 2 aromatic rings. The Hall–Kier alpha value is -2.12. The first-order valence-electron chi connectivity index (χ1n) is 9.17. The number of aromatic nitrogens is 2. The fourth-order valence-electron chi connectivity index (χ4n) is 3.28. The maximum atomic E-state index is 10.6. The molecule has 0 spiro atoms. The van der Waals surface area contributed by atoms with E-state index in [1.807, 2.05) is 26.0 Å². The second kappa shape index (κ2) is 8.71. The van der Waals surface area contributed by atoms with E-state index in [1.54, 1.807) is 6.07 Å². The van der Waals surface area contributed by atoms with Gasteiger partial charge in [0, 0.05) is 24.1 Å². The third kappa shape index (κ3) is 5.20. The average molecular weight is 394 g/mol. The van der Waals surface area contributed by atoms with E-state index in [-0.39, 0.29) is 24.5 Å². The number of rotatable bonds is 8. The van der Waals surface area contributed by atoms with Crippen LogP contribution >= 0.6 is 11.6 Å². The summed E-state index contributed by atoms with van der Waals surface area (Å²) in [6.07, 6.45) is 2.94. The predicted molar refractivity (Wildman–Crippen MR) is 101 cm³/mol. The van der Waals surface area contributed by atoms with Crippen molar-refractivity contribution in [3.05, 3.63) is 29.1 Å². The van der Waals surface area contributed by atoms with Crippen LogP contribution in [-0.4, -0.2) is 39.9 Å². The normalized spacial score (nSPS) is 19.6. The monoisotopic (exact) mass is 393 g/mol. The Kier molecular flexibility index (Phi) is 6.34. The lowest BCUT2D eigenvalue weighted by atomic mass is 10.1. The molecule has 0 radical (unpaired) electrons. The summed E-state index contributed by atoms with van der Waals surface area (Å²) in [7, 11) is 0. The van der Waals surface area contributed by atoms with E-state index in [0.717, 1.165) is 24.8 Å².